The third kappa shape index (κ3) is 3.12. The number of benzene rings is 1. The summed E-state index contributed by atoms with van der Waals surface area (Å²) in [5.74, 6) is 1.36. The highest BCUT2D eigenvalue weighted by Gasteiger charge is 2.27. The normalized spacial score (nSPS) is 24.0. The molecule has 0 bridgehead atoms. The van der Waals surface area contributed by atoms with Crippen LogP contribution in [-0.2, 0) is 0 Å². The van der Waals surface area contributed by atoms with Gasteiger partial charge in [0.2, 0.25) is 0 Å². The van der Waals surface area contributed by atoms with Crippen LogP contribution in [-0.4, -0.2) is 16.0 Å². The van der Waals surface area contributed by atoms with Crippen LogP contribution in [0.2, 0.25) is 0 Å². The van der Waals surface area contributed by atoms with Crippen LogP contribution in [0.4, 0.5) is 5.69 Å². The maximum absolute atomic E-state index is 4.52. The molecule has 3 nitrogen and oxygen atoms in total. The van der Waals surface area contributed by atoms with Gasteiger partial charge in [0.15, 0.2) is 0 Å². The van der Waals surface area contributed by atoms with E-state index in [1.165, 1.54) is 24.8 Å². The summed E-state index contributed by atoms with van der Waals surface area (Å²) in [5.41, 5.74) is 4.49. The maximum atomic E-state index is 4.52. The lowest BCUT2D eigenvalue weighted by Crippen LogP contribution is -2.30. The summed E-state index contributed by atoms with van der Waals surface area (Å²) in [6, 6.07) is 17.4. The summed E-state index contributed by atoms with van der Waals surface area (Å²) in [6.45, 7) is 2.37. The molecule has 0 spiro atoms. The van der Waals surface area contributed by atoms with Gasteiger partial charge in [-0.05, 0) is 54.9 Å². The van der Waals surface area contributed by atoms with Crippen LogP contribution in [0.25, 0.3) is 11.0 Å². The summed E-state index contributed by atoms with van der Waals surface area (Å²) in [6.07, 6.45) is 7.36. The number of nitrogens with one attached hydrogen (secondary N) is 1. The highest BCUT2D eigenvalue weighted by molar-refractivity contribution is 5.87. The van der Waals surface area contributed by atoms with Crippen molar-refractivity contribution in [2.75, 3.05) is 5.32 Å². The Bertz CT molecular complexity index is 810. The minimum Gasteiger partial charge on any atom is -0.380 e. The molecule has 0 amide bonds. The predicted octanol–water partition coefficient (Wildman–Crippen LogP) is 5.01. The van der Waals surface area contributed by atoms with E-state index in [2.05, 4.69) is 52.5 Å². The minimum absolute atomic E-state index is 0.478. The SMILES string of the molecule is CC1CC(Nc2ccnc3cccnc23)CC(c2ccccc2)C1. The van der Waals surface area contributed by atoms with Gasteiger partial charge >= 0.3 is 0 Å². The van der Waals surface area contributed by atoms with Crippen molar-refractivity contribution in [3.8, 4) is 0 Å². The van der Waals surface area contributed by atoms with Crippen molar-refractivity contribution in [3.63, 3.8) is 0 Å². The van der Waals surface area contributed by atoms with E-state index in [0.717, 1.165) is 22.6 Å². The van der Waals surface area contributed by atoms with Crippen LogP contribution in [0.15, 0.2) is 60.9 Å². The van der Waals surface area contributed by atoms with E-state index >= 15 is 0 Å². The first-order valence-corrected chi connectivity index (χ1v) is 8.81. The molecule has 1 aromatic carbocycles. The van der Waals surface area contributed by atoms with Crippen molar-refractivity contribution >= 4 is 16.7 Å². The zero-order valence-electron chi connectivity index (χ0n) is 14.0. The van der Waals surface area contributed by atoms with Gasteiger partial charge in [-0.15, -0.1) is 0 Å². The zero-order chi connectivity index (χ0) is 16.4. The first-order chi connectivity index (χ1) is 11.8. The van der Waals surface area contributed by atoms with Crippen LogP contribution in [0.1, 0.15) is 37.7 Å². The average molecular weight is 317 g/mol. The Morgan fingerprint density at radius 1 is 0.875 bits per heavy atom. The van der Waals surface area contributed by atoms with E-state index in [9.17, 15) is 0 Å². The second-order valence-electron chi connectivity index (χ2n) is 6.99. The molecule has 3 atom stereocenters. The van der Waals surface area contributed by atoms with Crippen molar-refractivity contribution in [2.45, 2.75) is 38.1 Å². The number of hydrogen-bond acceptors (Lipinski definition) is 3. The number of fused-ring (bicyclic) bond motifs is 1. The molecular formula is C21H23N3. The fourth-order valence-electron chi connectivity index (χ4n) is 4.03. The molecule has 1 aliphatic rings. The Morgan fingerprint density at radius 3 is 2.62 bits per heavy atom. The van der Waals surface area contributed by atoms with Gasteiger partial charge in [0, 0.05) is 18.4 Å². The quantitative estimate of drug-likeness (QED) is 0.737. The lowest BCUT2D eigenvalue weighted by atomic mass is 9.76. The topological polar surface area (TPSA) is 37.8 Å². The predicted molar refractivity (Wildman–Crippen MR) is 99.1 cm³/mol. The van der Waals surface area contributed by atoms with Crippen LogP contribution in [0.5, 0.6) is 0 Å². The molecule has 2 aromatic heterocycles. The molecule has 0 radical (unpaired) electrons. The largest absolute Gasteiger partial charge is 0.380 e. The summed E-state index contributed by atoms with van der Waals surface area (Å²) in [7, 11) is 0. The molecule has 4 rings (SSSR count). The summed E-state index contributed by atoms with van der Waals surface area (Å²) < 4.78 is 0. The fourth-order valence-corrected chi connectivity index (χ4v) is 4.03. The van der Waals surface area contributed by atoms with Crippen molar-refractivity contribution in [3.05, 3.63) is 66.5 Å². The lowest BCUT2D eigenvalue weighted by Gasteiger charge is -2.34. The summed E-state index contributed by atoms with van der Waals surface area (Å²) in [5, 5.41) is 3.75. The number of nitrogens with zero attached hydrogens (tertiary/aromatic N) is 2. The van der Waals surface area contributed by atoms with Crippen molar-refractivity contribution in [1.29, 1.82) is 0 Å². The molecule has 3 unspecified atom stereocenters. The molecular weight excluding hydrogens is 294 g/mol. The molecule has 1 N–H and O–H groups in total. The van der Waals surface area contributed by atoms with E-state index in [1.54, 1.807) is 0 Å². The van der Waals surface area contributed by atoms with Crippen molar-refractivity contribution in [2.24, 2.45) is 5.92 Å². The molecule has 0 saturated heterocycles. The van der Waals surface area contributed by atoms with Gasteiger partial charge < -0.3 is 5.32 Å². The Morgan fingerprint density at radius 2 is 1.75 bits per heavy atom. The van der Waals surface area contributed by atoms with E-state index in [0.29, 0.717) is 12.0 Å². The first-order valence-electron chi connectivity index (χ1n) is 8.81. The van der Waals surface area contributed by atoms with Gasteiger partial charge in [-0.1, -0.05) is 37.3 Å². The molecule has 3 heteroatoms. The number of hydrogen-bond donors (Lipinski definition) is 1. The first kappa shape index (κ1) is 15.1. The highest BCUT2D eigenvalue weighted by atomic mass is 14.9. The van der Waals surface area contributed by atoms with E-state index < -0.39 is 0 Å². The molecule has 0 aliphatic heterocycles. The second-order valence-corrected chi connectivity index (χ2v) is 6.99. The Balaban J connectivity index is 1.57. The third-order valence-electron chi connectivity index (χ3n) is 5.07. The van der Waals surface area contributed by atoms with Gasteiger partial charge in [-0.25, -0.2) is 0 Å². The number of aromatic nitrogens is 2. The van der Waals surface area contributed by atoms with Crippen LogP contribution >= 0.6 is 0 Å². The number of rotatable bonds is 3. The summed E-state index contributed by atoms with van der Waals surface area (Å²) >= 11 is 0. The number of anilines is 1. The van der Waals surface area contributed by atoms with Gasteiger partial charge in [-0.3, -0.25) is 9.97 Å². The van der Waals surface area contributed by atoms with Crippen LogP contribution in [0, 0.1) is 5.92 Å². The lowest BCUT2D eigenvalue weighted by molar-refractivity contribution is 0.321. The fraction of sp³-hybridized carbons (Fsp3) is 0.333. The van der Waals surface area contributed by atoms with E-state index in [1.807, 2.05) is 30.6 Å². The Kier molecular flexibility index (Phi) is 4.16. The second kappa shape index (κ2) is 6.60. The standard InChI is InChI=1S/C21H23N3/c1-15-12-17(16-6-3-2-4-7-16)14-18(13-15)24-20-9-11-22-19-8-5-10-23-21(19)20/h2-11,15,17-18H,12-14H2,1H3,(H,22,24). The van der Waals surface area contributed by atoms with Crippen LogP contribution < -0.4 is 5.32 Å². The summed E-state index contributed by atoms with van der Waals surface area (Å²) in [4.78, 5) is 8.93. The minimum atomic E-state index is 0.478. The van der Waals surface area contributed by atoms with Crippen molar-refractivity contribution < 1.29 is 0 Å². The maximum Gasteiger partial charge on any atom is 0.112 e. The van der Waals surface area contributed by atoms with Gasteiger partial charge in [0.05, 0.1) is 11.2 Å². The van der Waals surface area contributed by atoms with E-state index in [-0.39, 0.29) is 0 Å². The molecule has 1 fully saturated rings. The van der Waals surface area contributed by atoms with Crippen LogP contribution in [0.3, 0.4) is 0 Å². The highest BCUT2D eigenvalue weighted by Crippen LogP contribution is 2.37. The number of pyridine rings is 2. The zero-order valence-corrected chi connectivity index (χ0v) is 14.0. The monoisotopic (exact) mass is 317 g/mol. The Hall–Kier alpha value is -2.42. The van der Waals surface area contributed by atoms with E-state index in [4.69, 9.17) is 0 Å². The Labute approximate surface area is 143 Å². The van der Waals surface area contributed by atoms with Gasteiger partial charge in [-0.2, -0.15) is 0 Å². The molecule has 122 valence electrons. The van der Waals surface area contributed by atoms with Gasteiger partial charge in [0.1, 0.15) is 5.52 Å². The molecule has 1 aliphatic carbocycles. The molecule has 2 heterocycles. The molecule has 3 aromatic rings. The third-order valence-corrected chi connectivity index (χ3v) is 5.07. The molecule has 24 heavy (non-hydrogen) atoms. The molecule has 1 saturated carbocycles. The van der Waals surface area contributed by atoms with Gasteiger partial charge in [0.25, 0.3) is 0 Å². The smallest absolute Gasteiger partial charge is 0.112 e. The van der Waals surface area contributed by atoms with Crippen molar-refractivity contribution in [1.82, 2.24) is 9.97 Å². The average Bonchev–Trinajstić information content (AvgIpc) is 2.62.